The molecule has 0 spiro atoms. The number of rotatable bonds is 14. The van der Waals surface area contributed by atoms with E-state index < -0.39 is 0 Å². The van der Waals surface area contributed by atoms with E-state index in [1.807, 2.05) is 0 Å². The molecule has 25 heavy (non-hydrogen) atoms. The van der Waals surface area contributed by atoms with Gasteiger partial charge in [-0.25, -0.2) is 0 Å². The van der Waals surface area contributed by atoms with Crippen LogP contribution in [0.25, 0.3) is 0 Å². The van der Waals surface area contributed by atoms with E-state index in [0.717, 1.165) is 23.2 Å². The van der Waals surface area contributed by atoms with Gasteiger partial charge in [-0.1, -0.05) is 70.6 Å². The van der Waals surface area contributed by atoms with Gasteiger partial charge in [-0.2, -0.15) is 0 Å². The van der Waals surface area contributed by atoms with Crippen LogP contribution >= 0.6 is 9.24 Å². The van der Waals surface area contributed by atoms with Crippen molar-refractivity contribution in [3.63, 3.8) is 0 Å². The molecule has 1 heteroatoms. The van der Waals surface area contributed by atoms with Gasteiger partial charge in [0.25, 0.3) is 0 Å². The first-order valence-corrected chi connectivity index (χ1v) is 12.9. The first-order chi connectivity index (χ1) is 12.4. The van der Waals surface area contributed by atoms with Gasteiger partial charge in [0, 0.05) is 0 Å². The summed E-state index contributed by atoms with van der Waals surface area (Å²) < 4.78 is 0. The standard InChI is InChI=1S/C24H45P/c25-20-9-7-5-3-1-2-4-6-8-19-24(21-13-10-14-21,22-15-11-16-22)23-17-12-18-23/h21-23H,1-20,25H2. The van der Waals surface area contributed by atoms with Crippen molar-refractivity contribution in [1.82, 2.24) is 0 Å². The smallest absolute Gasteiger partial charge is 0.0213 e. The zero-order valence-corrected chi connectivity index (χ0v) is 18.1. The van der Waals surface area contributed by atoms with Crippen molar-refractivity contribution in [3.8, 4) is 0 Å². The fourth-order valence-corrected chi connectivity index (χ4v) is 6.55. The lowest BCUT2D eigenvalue weighted by Crippen LogP contribution is -2.51. The molecule has 0 aromatic heterocycles. The Hall–Kier alpha value is 0.430. The maximum absolute atomic E-state index is 2.86. The minimum atomic E-state index is 0.826. The van der Waals surface area contributed by atoms with E-state index in [1.54, 1.807) is 70.6 Å². The number of unbranched alkanes of at least 4 members (excludes halogenated alkanes) is 8. The molecule has 0 aromatic rings. The Morgan fingerprint density at radius 3 is 1.20 bits per heavy atom. The third-order valence-electron chi connectivity index (χ3n) is 8.41. The first kappa shape index (κ1) is 20.2. The summed E-state index contributed by atoms with van der Waals surface area (Å²) in [5.74, 6) is 3.42. The third-order valence-corrected chi connectivity index (χ3v) is 8.82. The predicted molar refractivity (Wildman–Crippen MR) is 115 cm³/mol. The summed E-state index contributed by atoms with van der Waals surface area (Å²) in [6, 6.07) is 0. The summed E-state index contributed by atoms with van der Waals surface area (Å²) in [5.41, 5.74) is 0.826. The average molecular weight is 365 g/mol. The molecule has 0 heterocycles. The average Bonchev–Trinajstić information content (AvgIpc) is 2.43. The minimum absolute atomic E-state index is 0.826. The highest BCUT2D eigenvalue weighted by Gasteiger charge is 2.54. The Balaban J connectivity index is 1.35. The lowest BCUT2D eigenvalue weighted by molar-refractivity contribution is -0.102. The molecule has 0 radical (unpaired) electrons. The molecule has 0 bridgehead atoms. The molecule has 3 fully saturated rings. The van der Waals surface area contributed by atoms with E-state index in [1.165, 1.54) is 57.5 Å². The molecule has 0 aliphatic heterocycles. The van der Waals surface area contributed by atoms with E-state index in [-0.39, 0.29) is 0 Å². The van der Waals surface area contributed by atoms with Crippen molar-refractivity contribution in [3.05, 3.63) is 0 Å². The molecule has 0 aromatic carbocycles. The highest BCUT2D eigenvalue weighted by molar-refractivity contribution is 7.16. The quantitative estimate of drug-likeness (QED) is 0.215. The van der Waals surface area contributed by atoms with Gasteiger partial charge in [0.1, 0.15) is 0 Å². The summed E-state index contributed by atoms with van der Waals surface area (Å²) in [7, 11) is 2.86. The molecule has 0 nitrogen and oxygen atoms in total. The van der Waals surface area contributed by atoms with Crippen LogP contribution in [0.5, 0.6) is 0 Å². The van der Waals surface area contributed by atoms with E-state index in [4.69, 9.17) is 0 Å². The molecule has 0 amide bonds. The zero-order chi connectivity index (χ0) is 17.4. The Kier molecular flexibility index (Phi) is 8.62. The van der Waals surface area contributed by atoms with Gasteiger partial charge in [-0.15, -0.1) is 9.24 Å². The summed E-state index contributed by atoms with van der Waals surface area (Å²) in [6.07, 6.45) is 30.5. The van der Waals surface area contributed by atoms with Crippen molar-refractivity contribution in [2.75, 3.05) is 6.16 Å². The van der Waals surface area contributed by atoms with Crippen molar-refractivity contribution in [1.29, 1.82) is 0 Å². The summed E-state index contributed by atoms with van der Waals surface area (Å²) in [6.45, 7) is 0. The highest BCUT2D eigenvalue weighted by Crippen LogP contribution is 2.63. The molecule has 3 aliphatic carbocycles. The van der Waals surface area contributed by atoms with Crippen LogP contribution in [-0.2, 0) is 0 Å². The van der Waals surface area contributed by atoms with E-state index in [2.05, 4.69) is 9.24 Å². The summed E-state index contributed by atoms with van der Waals surface area (Å²) in [5, 5.41) is 0. The normalized spacial score (nSPS) is 22.4. The number of hydrogen-bond donors (Lipinski definition) is 0. The van der Waals surface area contributed by atoms with Crippen molar-refractivity contribution < 1.29 is 0 Å². The molecule has 1 atom stereocenters. The molecule has 3 aliphatic rings. The number of hydrogen-bond acceptors (Lipinski definition) is 0. The van der Waals surface area contributed by atoms with Crippen LogP contribution in [0.2, 0.25) is 0 Å². The van der Waals surface area contributed by atoms with Crippen LogP contribution in [0.15, 0.2) is 0 Å². The fraction of sp³-hybridized carbons (Fsp3) is 1.00. The van der Waals surface area contributed by atoms with Crippen molar-refractivity contribution in [2.45, 2.75) is 122 Å². The SMILES string of the molecule is PCCCCCCCCCCCC(C1CCC1)(C1CCC1)C1CCC1. The van der Waals surface area contributed by atoms with Gasteiger partial charge in [0.05, 0.1) is 0 Å². The summed E-state index contributed by atoms with van der Waals surface area (Å²) >= 11 is 0. The van der Waals surface area contributed by atoms with Gasteiger partial charge in [-0.3, -0.25) is 0 Å². The lowest BCUT2D eigenvalue weighted by atomic mass is 9.45. The lowest BCUT2D eigenvalue weighted by Gasteiger charge is -2.60. The second-order valence-corrected chi connectivity index (χ2v) is 10.3. The van der Waals surface area contributed by atoms with Gasteiger partial charge < -0.3 is 0 Å². The van der Waals surface area contributed by atoms with Gasteiger partial charge >= 0.3 is 0 Å². The molecule has 3 saturated carbocycles. The van der Waals surface area contributed by atoms with Crippen LogP contribution in [-0.4, -0.2) is 6.16 Å². The zero-order valence-electron chi connectivity index (χ0n) is 17.0. The first-order valence-electron chi connectivity index (χ1n) is 12.1. The molecular weight excluding hydrogens is 319 g/mol. The molecule has 0 N–H and O–H groups in total. The minimum Gasteiger partial charge on any atom is -0.138 e. The highest BCUT2D eigenvalue weighted by atomic mass is 31.0. The Labute approximate surface area is 160 Å². The fourth-order valence-electron chi connectivity index (χ4n) is 6.26. The predicted octanol–water partition coefficient (Wildman–Crippen LogP) is 8.15. The van der Waals surface area contributed by atoms with Crippen molar-refractivity contribution >= 4 is 9.24 Å². The van der Waals surface area contributed by atoms with E-state index in [9.17, 15) is 0 Å². The van der Waals surface area contributed by atoms with Crippen LogP contribution in [0.1, 0.15) is 122 Å². The maximum atomic E-state index is 2.86. The van der Waals surface area contributed by atoms with Crippen LogP contribution in [0.3, 0.4) is 0 Å². The molecule has 1 unspecified atom stereocenters. The van der Waals surface area contributed by atoms with Crippen LogP contribution < -0.4 is 0 Å². The topological polar surface area (TPSA) is 0 Å². The van der Waals surface area contributed by atoms with E-state index in [0.29, 0.717) is 0 Å². The monoisotopic (exact) mass is 364 g/mol. The Bertz CT molecular complexity index is 315. The Morgan fingerprint density at radius 2 is 0.880 bits per heavy atom. The molecular formula is C24H45P. The Morgan fingerprint density at radius 1 is 0.520 bits per heavy atom. The largest absolute Gasteiger partial charge is 0.138 e. The second-order valence-electron chi connectivity index (χ2n) is 9.72. The second kappa shape index (κ2) is 10.7. The van der Waals surface area contributed by atoms with Crippen LogP contribution in [0, 0.1) is 23.2 Å². The van der Waals surface area contributed by atoms with Crippen LogP contribution in [0.4, 0.5) is 0 Å². The summed E-state index contributed by atoms with van der Waals surface area (Å²) in [4.78, 5) is 0. The third kappa shape index (κ3) is 5.03. The van der Waals surface area contributed by atoms with Gasteiger partial charge in [-0.05, 0) is 80.7 Å². The van der Waals surface area contributed by atoms with Gasteiger partial charge in [0.2, 0.25) is 0 Å². The van der Waals surface area contributed by atoms with Gasteiger partial charge in [0.15, 0.2) is 0 Å². The molecule has 146 valence electrons. The van der Waals surface area contributed by atoms with E-state index >= 15 is 0 Å². The molecule has 0 saturated heterocycles. The van der Waals surface area contributed by atoms with Crippen molar-refractivity contribution in [2.24, 2.45) is 23.2 Å². The maximum Gasteiger partial charge on any atom is -0.0213 e. The molecule has 3 rings (SSSR count).